The zero-order valence-corrected chi connectivity index (χ0v) is 23.7. The molecule has 0 saturated heterocycles. The summed E-state index contributed by atoms with van der Waals surface area (Å²) in [5.41, 5.74) is 5.80. The molecular weight excluding hydrogens is 500 g/mol. The first-order valence-electron chi connectivity index (χ1n) is 13.1. The first-order chi connectivity index (χ1) is 18.3. The fourth-order valence-electron chi connectivity index (χ4n) is 3.32. The van der Waals surface area contributed by atoms with E-state index in [0.29, 0.717) is 61.2 Å². The Kier molecular flexibility index (Phi) is 11.5. The number of ether oxygens (including phenoxy) is 1. The van der Waals surface area contributed by atoms with Crippen LogP contribution in [0.15, 0.2) is 30.5 Å². The first kappa shape index (κ1) is 31.3. The van der Waals surface area contributed by atoms with Crippen molar-refractivity contribution in [2.45, 2.75) is 65.5 Å². The third kappa shape index (κ3) is 11.6. The fourth-order valence-corrected chi connectivity index (χ4v) is 3.32. The highest BCUT2D eigenvalue weighted by Crippen LogP contribution is 2.18. The number of nitrogens with two attached hydrogens (primary N) is 1. The van der Waals surface area contributed by atoms with Gasteiger partial charge in [-0.3, -0.25) is 9.59 Å². The topological polar surface area (TPSA) is 172 Å². The minimum atomic E-state index is -0.548. The number of benzene rings is 1. The summed E-state index contributed by atoms with van der Waals surface area (Å²) in [6.45, 7) is 13.5. The maximum Gasteiger partial charge on any atom is 0.407 e. The number of primary amides is 1. The molecule has 0 fully saturated rings. The molecule has 0 atom stereocenters. The molecule has 1 aromatic carbocycles. The standard InChI is InChI=1S/C27H42N8O4/c1-7-13-29-22-20(16-31-24(35-22)34-19-11-9-18(10-12-19)21(28)36)23(37)30-14-8-15-33-27(5,6)17-32-25(38)39-26(2,3)4/h9-12,16,33H,7-8,13-15,17H2,1-6H3,(H2,28,36)(H,30,37)(H,32,38)(H2,29,31,34,35). The predicted octanol–water partition coefficient (Wildman–Crippen LogP) is 3.15. The lowest BCUT2D eigenvalue weighted by molar-refractivity contribution is 0.0513. The molecule has 0 bridgehead atoms. The van der Waals surface area contributed by atoms with E-state index in [4.69, 9.17) is 10.5 Å². The fraction of sp³-hybridized carbons (Fsp3) is 0.519. The molecule has 12 nitrogen and oxygen atoms in total. The van der Waals surface area contributed by atoms with Gasteiger partial charge in [0.05, 0.1) is 0 Å². The van der Waals surface area contributed by atoms with E-state index in [1.54, 1.807) is 24.3 Å². The van der Waals surface area contributed by atoms with Gasteiger partial charge in [-0.05, 0) is 78.3 Å². The molecule has 0 radical (unpaired) electrons. The Morgan fingerprint density at radius 3 is 2.28 bits per heavy atom. The number of aromatic nitrogens is 2. The number of carbonyl (C=O) groups excluding carboxylic acids is 3. The average molecular weight is 543 g/mol. The van der Waals surface area contributed by atoms with Crippen molar-refractivity contribution in [1.82, 2.24) is 25.9 Å². The van der Waals surface area contributed by atoms with Crippen molar-refractivity contribution < 1.29 is 19.1 Å². The maximum atomic E-state index is 12.9. The molecule has 3 amide bonds. The SMILES string of the molecule is CCCNc1nc(Nc2ccc(C(N)=O)cc2)ncc1C(=O)NCCCNC(C)(C)CNC(=O)OC(C)(C)C. The van der Waals surface area contributed by atoms with Crippen LogP contribution in [0.25, 0.3) is 0 Å². The zero-order valence-electron chi connectivity index (χ0n) is 23.7. The predicted molar refractivity (Wildman–Crippen MR) is 152 cm³/mol. The molecule has 0 aliphatic carbocycles. The van der Waals surface area contributed by atoms with Gasteiger partial charge in [0.25, 0.3) is 5.91 Å². The van der Waals surface area contributed by atoms with E-state index in [0.717, 1.165) is 6.42 Å². The second-order valence-corrected chi connectivity index (χ2v) is 10.7. The minimum absolute atomic E-state index is 0.281. The van der Waals surface area contributed by atoms with Crippen molar-refractivity contribution in [3.8, 4) is 0 Å². The second kappa shape index (κ2) is 14.3. The van der Waals surface area contributed by atoms with Crippen LogP contribution in [0.5, 0.6) is 0 Å². The van der Waals surface area contributed by atoms with Crippen LogP contribution in [-0.2, 0) is 4.74 Å². The number of rotatable bonds is 14. The Bertz CT molecular complexity index is 1110. The number of carbonyl (C=O) groups is 3. The zero-order chi connectivity index (χ0) is 29.1. The van der Waals surface area contributed by atoms with Crippen LogP contribution >= 0.6 is 0 Å². The molecule has 0 aliphatic heterocycles. The number of alkyl carbamates (subject to hydrolysis) is 1. The Labute approximate surface area is 230 Å². The smallest absolute Gasteiger partial charge is 0.407 e. The largest absolute Gasteiger partial charge is 0.444 e. The molecule has 2 aromatic rings. The molecule has 2 rings (SSSR count). The lowest BCUT2D eigenvalue weighted by Crippen LogP contribution is -2.50. The van der Waals surface area contributed by atoms with E-state index in [1.807, 2.05) is 41.5 Å². The molecule has 7 N–H and O–H groups in total. The Balaban J connectivity index is 1.88. The Morgan fingerprint density at radius 2 is 1.67 bits per heavy atom. The van der Waals surface area contributed by atoms with Crippen molar-refractivity contribution in [3.05, 3.63) is 41.6 Å². The quantitative estimate of drug-likeness (QED) is 0.196. The van der Waals surface area contributed by atoms with Crippen molar-refractivity contribution >= 4 is 35.4 Å². The molecule has 0 spiro atoms. The molecule has 12 heteroatoms. The normalized spacial score (nSPS) is 11.4. The summed E-state index contributed by atoms with van der Waals surface area (Å²) in [6.07, 6.45) is 2.55. The van der Waals surface area contributed by atoms with Crippen LogP contribution in [0.2, 0.25) is 0 Å². The van der Waals surface area contributed by atoms with E-state index < -0.39 is 17.6 Å². The van der Waals surface area contributed by atoms with Gasteiger partial charge in [0.1, 0.15) is 17.0 Å². The van der Waals surface area contributed by atoms with Crippen LogP contribution < -0.4 is 32.3 Å². The summed E-state index contributed by atoms with van der Waals surface area (Å²) in [4.78, 5) is 44.8. The van der Waals surface area contributed by atoms with Crippen LogP contribution in [0.1, 0.15) is 75.1 Å². The molecule has 0 saturated carbocycles. The number of nitrogens with one attached hydrogen (secondary N) is 5. The lowest BCUT2D eigenvalue weighted by Gasteiger charge is -2.28. The van der Waals surface area contributed by atoms with Crippen LogP contribution in [-0.4, -0.2) is 65.2 Å². The Morgan fingerprint density at radius 1 is 0.974 bits per heavy atom. The number of hydrogen-bond acceptors (Lipinski definition) is 9. The molecule has 39 heavy (non-hydrogen) atoms. The second-order valence-electron chi connectivity index (χ2n) is 10.7. The number of nitrogens with zero attached hydrogens (tertiary/aromatic N) is 2. The van der Waals surface area contributed by atoms with E-state index in [2.05, 4.69) is 36.6 Å². The van der Waals surface area contributed by atoms with Crippen molar-refractivity contribution in [2.75, 3.05) is 36.8 Å². The molecular formula is C27H42N8O4. The van der Waals surface area contributed by atoms with E-state index in [1.165, 1.54) is 6.20 Å². The third-order valence-corrected chi connectivity index (χ3v) is 5.32. The molecule has 1 aromatic heterocycles. The summed E-state index contributed by atoms with van der Waals surface area (Å²) < 4.78 is 5.27. The van der Waals surface area contributed by atoms with Crippen molar-refractivity contribution in [3.63, 3.8) is 0 Å². The number of anilines is 3. The van der Waals surface area contributed by atoms with Crippen LogP contribution in [0.3, 0.4) is 0 Å². The van der Waals surface area contributed by atoms with Gasteiger partial charge in [-0.1, -0.05) is 6.92 Å². The molecule has 214 valence electrons. The van der Waals surface area contributed by atoms with Gasteiger partial charge in [-0.25, -0.2) is 9.78 Å². The lowest BCUT2D eigenvalue weighted by atomic mass is 10.1. The summed E-state index contributed by atoms with van der Waals surface area (Å²) >= 11 is 0. The van der Waals surface area contributed by atoms with Crippen molar-refractivity contribution in [2.24, 2.45) is 5.73 Å². The Hall–Kier alpha value is -3.93. The van der Waals surface area contributed by atoms with Crippen molar-refractivity contribution in [1.29, 1.82) is 0 Å². The van der Waals surface area contributed by atoms with Crippen LogP contribution in [0, 0.1) is 0 Å². The average Bonchev–Trinajstić information content (AvgIpc) is 2.85. The number of amides is 3. The molecule has 0 unspecified atom stereocenters. The highest BCUT2D eigenvalue weighted by molar-refractivity contribution is 5.98. The summed E-state index contributed by atoms with van der Waals surface area (Å²) in [5.74, 6) is -0.0535. The summed E-state index contributed by atoms with van der Waals surface area (Å²) in [5, 5.41) is 15.3. The van der Waals surface area contributed by atoms with Gasteiger partial charge in [0.15, 0.2) is 0 Å². The van der Waals surface area contributed by atoms with E-state index in [-0.39, 0.29) is 11.4 Å². The van der Waals surface area contributed by atoms with Gasteiger partial charge < -0.3 is 37.1 Å². The van der Waals surface area contributed by atoms with E-state index in [9.17, 15) is 14.4 Å². The summed E-state index contributed by atoms with van der Waals surface area (Å²) in [6, 6.07) is 6.62. The number of hydrogen-bond donors (Lipinski definition) is 6. The molecule has 1 heterocycles. The van der Waals surface area contributed by atoms with E-state index >= 15 is 0 Å². The van der Waals surface area contributed by atoms with Gasteiger partial charge in [-0.2, -0.15) is 4.98 Å². The summed E-state index contributed by atoms with van der Waals surface area (Å²) in [7, 11) is 0. The first-order valence-corrected chi connectivity index (χ1v) is 13.1. The monoisotopic (exact) mass is 542 g/mol. The molecule has 0 aliphatic rings. The van der Waals surface area contributed by atoms with Gasteiger partial charge in [0.2, 0.25) is 11.9 Å². The minimum Gasteiger partial charge on any atom is -0.444 e. The van der Waals surface area contributed by atoms with Gasteiger partial charge in [0, 0.05) is 42.6 Å². The van der Waals surface area contributed by atoms with Gasteiger partial charge >= 0.3 is 6.09 Å². The third-order valence-electron chi connectivity index (χ3n) is 5.32. The highest BCUT2D eigenvalue weighted by Gasteiger charge is 2.21. The highest BCUT2D eigenvalue weighted by atomic mass is 16.6. The van der Waals surface area contributed by atoms with Gasteiger partial charge in [-0.15, -0.1) is 0 Å². The maximum absolute atomic E-state index is 12.9. The van der Waals surface area contributed by atoms with Crippen LogP contribution in [0.4, 0.5) is 22.2 Å².